The number of carbonyl (C=O) groups is 1. The van der Waals surface area contributed by atoms with E-state index in [1.54, 1.807) is 0 Å². The first kappa shape index (κ1) is 28.3. The van der Waals surface area contributed by atoms with E-state index in [-0.39, 0.29) is 42.8 Å². The van der Waals surface area contributed by atoms with Gasteiger partial charge in [0.2, 0.25) is 10.0 Å². The van der Waals surface area contributed by atoms with E-state index in [9.17, 15) is 23.4 Å². The standard InChI is InChI=1S/C27H37N3O7S/c1-18(2)15-29(38(34,35)21-10-8-20(28)9-11-21)16-25(31)23(14-19-6-4-3-5-7-19)30(27(32)33)24-17-37-26-22(24)12-13-36-26/h3-11,18,22-26,31H,12-17,28H2,1-2H3,(H,32,33)/t22-,23-,24?,25+,26+/m0/s1. The number of sulfonamides is 1. The lowest BCUT2D eigenvalue weighted by atomic mass is 9.93. The third-order valence-corrected chi connectivity index (χ3v) is 9.00. The van der Waals surface area contributed by atoms with Crippen molar-refractivity contribution in [3.63, 3.8) is 0 Å². The molecule has 4 rings (SSSR count). The average molecular weight is 548 g/mol. The van der Waals surface area contributed by atoms with E-state index in [1.807, 2.05) is 44.2 Å². The molecule has 2 aromatic carbocycles. The molecule has 11 heteroatoms. The molecule has 2 aliphatic heterocycles. The van der Waals surface area contributed by atoms with Crippen molar-refractivity contribution in [1.29, 1.82) is 0 Å². The van der Waals surface area contributed by atoms with Crippen LogP contribution in [0.2, 0.25) is 0 Å². The highest BCUT2D eigenvalue weighted by Gasteiger charge is 2.49. The summed E-state index contributed by atoms with van der Waals surface area (Å²) in [5.41, 5.74) is 7.02. The molecular weight excluding hydrogens is 510 g/mol. The van der Waals surface area contributed by atoms with E-state index in [2.05, 4.69) is 0 Å². The number of rotatable bonds is 11. The number of benzene rings is 2. The lowest BCUT2D eigenvalue weighted by molar-refractivity contribution is -0.0906. The van der Waals surface area contributed by atoms with Gasteiger partial charge in [0.05, 0.1) is 36.3 Å². The number of nitrogens with zero attached hydrogens (tertiary/aromatic N) is 2. The molecule has 208 valence electrons. The van der Waals surface area contributed by atoms with Crippen LogP contribution in [-0.4, -0.2) is 84.7 Å². The summed E-state index contributed by atoms with van der Waals surface area (Å²) in [6.45, 7) is 4.29. The minimum absolute atomic E-state index is 0.0338. The Bertz CT molecular complexity index is 1180. The minimum atomic E-state index is -3.99. The number of carboxylic acid groups (broad SMARTS) is 1. The maximum absolute atomic E-state index is 13.6. The Kier molecular flexibility index (Phi) is 8.94. The van der Waals surface area contributed by atoms with Crippen LogP contribution in [0.5, 0.6) is 0 Å². The number of hydrogen-bond donors (Lipinski definition) is 3. The van der Waals surface area contributed by atoms with E-state index in [0.717, 1.165) is 5.56 Å². The van der Waals surface area contributed by atoms with Gasteiger partial charge < -0.3 is 25.4 Å². The normalized spacial score (nSPS) is 22.9. The third kappa shape index (κ3) is 6.29. The highest BCUT2D eigenvalue weighted by atomic mass is 32.2. The quantitative estimate of drug-likeness (QED) is 0.365. The van der Waals surface area contributed by atoms with Crippen LogP contribution in [0.1, 0.15) is 25.8 Å². The molecule has 2 saturated heterocycles. The Morgan fingerprint density at radius 3 is 2.39 bits per heavy atom. The number of nitrogens with two attached hydrogens (primary N) is 1. The van der Waals surface area contributed by atoms with Gasteiger partial charge in [0.1, 0.15) is 0 Å². The zero-order chi connectivity index (χ0) is 27.4. The minimum Gasteiger partial charge on any atom is -0.465 e. The Morgan fingerprint density at radius 2 is 1.76 bits per heavy atom. The van der Waals surface area contributed by atoms with E-state index < -0.39 is 40.6 Å². The summed E-state index contributed by atoms with van der Waals surface area (Å²) in [5.74, 6) is -0.185. The van der Waals surface area contributed by atoms with Gasteiger partial charge in [-0.05, 0) is 48.6 Å². The summed E-state index contributed by atoms with van der Waals surface area (Å²) < 4.78 is 39.8. The highest BCUT2D eigenvalue weighted by Crippen LogP contribution is 2.36. The van der Waals surface area contributed by atoms with Gasteiger partial charge in [0.25, 0.3) is 0 Å². The van der Waals surface area contributed by atoms with Crippen LogP contribution >= 0.6 is 0 Å². The maximum atomic E-state index is 13.6. The fourth-order valence-electron chi connectivity index (χ4n) is 5.33. The van der Waals surface area contributed by atoms with Gasteiger partial charge in [0, 0.05) is 24.7 Å². The molecule has 2 fully saturated rings. The summed E-state index contributed by atoms with van der Waals surface area (Å²) in [5, 5.41) is 22.0. The molecule has 38 heavy (non-hydrogen) atoms. The van der Waals surface area contributed by atoms with Crippen LogP contribution < -0.4 is 5.73 Å². The first-order chi connectivity index (χ1) is 18.1. The second-order valence-corrected chi connectivity index (χ2v) is 12.3. The summed E-state index contributed by atoms with van der Waals surface area (Å²) in [7, 11) is -3.99. The van der Waals surface area contributed by atoms with Crippen LogP contribution in [0, 0.1) is 11.8 Å². The van der Waals surface area contributed by atoms with E-state index >= 15 is 0 Å². The molecule has 5 atom stereocenters. The Balaban J connectivity index is 1.67. The fraction of sp³-hybridized carbons (Fsp3) is 0.519. The van der Waals surface area contributed by atoms with Gasteiger partial charge in [-0.3, -0.25) is 4.90 Å². The Hall–Kier alpha value is -2.70. The van der Waals surface area contributed by atoms with Crippen molar-refractivity contribution in [3.8, 4) is 0 Å². The van der Waals surface area contributed by atoms with Crippen LogP contribution in [0.25, 0.3) is 0 Å². The average Bonchev–Trinajstić information content (AvgIpc) is 3.49. The molecule has 0 aromatic heterocycles. The van der Waals surface area contributed by atoms with Crippen LogP contribution in [0.4, 0.5) is 10.5 Å². The van der Waals surface area contributed by atoms with Crippen molar-refractivity contribution >= 4 is 21.8 Å². The topological polar surface area (TPSA) is 143 Å². The molecule has 2 aromatic rings. The molecule has 1 amide bonds. The van der Waals surface area contributed by atoms with E-state index in [0.29, 0.717) is 18.7 Å². The summed E-state index contributed by atoms with van der Waals surface area (Å²) in [4.78, 5) is 14.0. The lowest BCUT2D eigenvalue weighted by Gasteiger charge is -2.39. The van der Waals surface area contributed by atoms with Crippen molar-refractivity contribution < 1.29 is 32.9 Å². The predicted molar refractivity (Wildman–Crippen MR) is 142 cm³/mol. The molecule has 2 heterocycles. The van der Waals surface area contributed by atoms with Crippen molar-refractivity contribution in [2.75, 3.05) is 32.0 Å². The number of anilines is 1. The second-order valence-electron chi connectivity index (χ2n) is 10.4. The first-order valence-corrected chi connectivity index (χ1v) is 14.3. The number of aliphatic hydroxyl groups is 1. The fourth-order valence-corrected chi connectivity index (χ4v) is 6.95. The van der Waals surface area contributed by atoms with E-state index in [4.69, 9.17) is 15.2 Å². The molecule has 0 bridgehead atoms. The van der Waals surface area contributed by atoms with Crippen molar-refractivity contribution in [3.05, 3.63) is 60.2 Å². The molecule has 4 N–H and O–H groups in total. The van der Waals surface area contributed by atoms with Crippen molar-refractivity contribution in [1.82, 2.24) is 9.21 Å². The second kappa shape index (κ2) is 12.0. The number of fused-ring (bicyclic) bond motifs is 1. The maximum Gasteiger partial charge on any atom is 0.407 e. The third-order valence-electron chi connectivity index (χ3n) is 7.15. The van der Waals surface area contributed by atoms with Gasteiger partial charge in [-0.15, -0.1) is 0 Å². The predicted octanol–water partition coefficient (Wildman–Crippen LogP) is 2.63. The molecule has 10 nitrogen and oxygen atoms in total. The van der Waals surface area contributed by atoms with Crippen molar-refractivity contribution in [2.45, 2.75) is 56.1 Å². The largest absolute Gasteiger partial charge is 0.465 e. The summed E-state index contributed by atoms with van der Waals surface area (Å²) in [6.07, 6.45) is -2.11. The molecule has 0 saturated carbocycles. The molecular formula is C27H37N3O7S. The van der Waals surface area contributed by atoms with Gasteiger partial charge in [0.15, 0.2) is 6.29 Å². The Labute approximate surface area is 224 Å². The number of hydrogen-bond acceptors (Lipinski definition) is 7. The number of aliphatic hydroxyl groups excluding tert-OH is 1. The first-order valence-electron chi connectivity index (χ1n) is 12.9. The smallest absolute Gasteiger partial charge is 0.407 e. The zero-order valence-electron chi connectivity index (χ0n) is 21.7. The van der Waals surface area contributed by atoms with Crippen molar-refractivity contribution in [2.24, 2.45) is 11.8 Å². The molecule has 2 aliphatic rings. The van der Waals surface area contributed by atoms with Gasteiger partial charge in [-0.1, -0.05) is 44.2 Å². The van der Waals surface area contributed by atoms with Gasteiger partial charge in [-0.25, -0.2) is 13.2 Å². The zero-order valence-corrected chi connectivity index (χ0v) is 22.5. The SMILES string of the molecule is CC(C)CN(C[C@@H](O)[C@H](Cc1ccccc1)N(C(=O)O)C1CO[C@H]2OCC[C@@H]12)S(=O)(=O)c1ccc(N)cc1. The monoisotopic (exact) mass is 547 g/mol. The van der Waals surface area contributed by atoms with Gasteiger partial charge >= 0.3 is 6.09 Å². The van der Waals surface area contributed by atoms with Gasteiger partial charge in [-0.2, -0.15) is 4.31 Å². The van der Waals surface area contributed by atoms with Crippen LogP contribution in [-0.2, 0) is 25.9 Å². The van der Waals surface area contributed by atoms with Crippen LogP contribution in [0.15, 0.2) is 59.5 Å². The molecule has 1 unspecified atom stereocenters. The number of nitrogen functional groups attached to an aromatic ring is 1. The molecule has 0 spiro atoms. The number of amides is 1. The number of ether oxygens (including phenoxy) is 2. The summed E-state index contributed by atoms with van der Waals surface area (Å²) >= 11 is 0. The lowest BCUT2D eigenvalue weighted by Crippen LogP contribution is -2.57. The molecule has 0 radical (unpaired) electrons. The Morgan fingerprint density at radius 1 is 1.08 bits per heavy atom. The highest BCUT2D eigenvalue weighted by molar-refractivity contribution is 7.89. The summed E-state index contributed by atoms with van der Waals surface area (Å²) in [6, 6.07) is 13.8. The van der Waals surface area contributed by atoms with E-state index in [1.165, 1.54) is 33.5 Å². The van der Waals surface area contributed by atoms with Crippen LogP contribution in [0.3, 0.4) is 0 Å². The molecule has 0 aliphatic carbocycles.